The van der Waals surface area contributed by atoms with Gasteiger partial charge in [0.1, 0.15) is 0 Å². The second kappa shape index (κ2) is 6.21. The number of thiazole rings is 1. The number of anilines is 1. The standard InChI is InChI=1S/C12H23N3S/c1-4-10-8-16-11(15-10)14-9-12(2,3)6-5-7-13/h8H,4-7,9,13H2,1-3H3,(H,14,15). The van der Waals surface area contributed by atoms with Gasteiger partial charge in [0, 0.05) is 11.9 Å². The number of hydrogen-bond acceptors (Lipinski definition) is 4. The fourth-order valence-corrected chi connectivity index (χ4v) is 2.33. The van der Waals surface area contributed by atoms with Crippen molar-refractivity contribution in [2.24, 2.45) is 11.1 Å². The summed E-state index contributed by atoms with van der Waals surface area (Å²) >= 11 is 1.69. The van der Waals surface area contributed by atoms with Crippen molar-refractivity contribution in [1.29, 1.82) is 0 Å². The van der Waals surface area contributed by atoms with E-state index < -0.39 is 0 Å². The smallest absolute Gasteiger partial charge is 0.182 e. The predicted molar refractivity (Wildman–Crippen MR) is 72.1 cm³/mol. The lowest BCUT2D eigenvalue weighted by Gasteiger charge is -2.24. The first-order valence-corrected chi connectivity index (χ1v) is 6.83. The number of nitrogens with two attached hydrogens (primary N) is 1. The van der Waals surface area contributed by atoms with E-state index in [4.69, 9.17) is 5.73 Å². The summed E-state index contributed by atoms with van der Waals surface area (Å²) in [4.78, 5) is 4.49. The molecule has 0 aliphatic carbocycles. The molecule has 3 N–H and O–H groups in total. The highest BCUT2D eigenvalue weighted by Crippen LogP contribution is 2.24. The van der Waals surface area contributed by atoms with Crippen LogP contribution < -0.4 is 11.1 Å². The Bertz CT molecular complexity index is 307. The number of rotatable bonds is 7. The molecule has 1 rings (SSSR count). The topological polar surface area (TPSA) is 50.9 Å². The summed E-state index contributed by atoms with van der Waals surface area (Å²) in [5, 5.41) is 6.57. The third-order valence-corrected chi connectivity index (χ3v) is 3.54. The average Bonchev–Trinajstić information content (AvgIpc) is 2.72. The molecule has 0 saturated heterocycles. The second-order valence-corrected chi connectivity index (χ2v) is 5.77. The summed E-state index contributed by atoms with van der Waals surface area (Å²) in [6.45, 7) is 8.41. The minimum atomic E-state index is 0.289. The van der Waals surface area contributed by atoms with E-state index in [1.54, 1.807) is 11.3 Å². The molecule has 0 aromatic carbocycles. The molecule has 0 spiro atoms. The molecule has 0 radical (unpaired) electrons. The lowest BCUT2D eigenvalue weighted by atomic mass is 9.88. The fourth-order valence-electron chi connectivity index (χ4n) is 1.53. The van der Waals surface area contributed by atoms with Crippen molar-refractivity contribution in [2.75, 3.05) is 18.4 Å². The number of aryl methyl sites for hydroxylation is 1. The second-order valence-electron chi connectivity index (χ2n) is 4.91. The van der Waals surface area contributed by atoms with Crippen molar-refractivity contribution < 1.29 is 0 Å². The highest BCUT2D eigenvalue weighted by molar-refractivity contribution is 7.13. The van der Waals surface area contributed by atoms with Crippen LogP contribution in [-0.2, 0) is 6.42 Å². The van der Waals surface area contributed by atoms with Gasteiger partial charge < -0.3 is 11.1 Å². The van der Waals surface area contributed by atoms with Gasteiger partial charge in [0.25, 0.3) is 0 Å². The fraction of sp³-hybridized carbons (Fsp3) is 0.750. The molecule has 4 heteroatoms. The molecule has 1 aromatic rings. The van der Waals surface area contributed by atoms with E-state index >= 15 is 0 Å². The number of aromatic nitrogens is 1. The van der Waals surface area contributed by atoms with Crippen molar-refractivity contribution >= 4 is 16.5 Å². The number of nitrogens with one attached hydrogen (secondary N) is 1. The Morgan fingerprint density at radius 2 is 2.25 bits per heavy atom. The molecule has 0 aliphatic rings. The van der Waals surface area contributed by atoms with Crippen LogP contribution in [0.25, 0.3) is 0 Å². The normalized spacial score (nSPS) is 11.8. The molecule has 1 heterocycles. The summed E-state index contributed by atoms with van der Waals surface area (Å²) in [5.41, 5.74) is 7.00. The van der Waals surface area contributed by atoms with Gasteiger partial charge in [-0.05, 0) is 31.2 Å². The van der Waals surface area contributed by atoms with Crippen LogP contribution in [0.3, 0.4) is 0 Å². The van der Waals surface area contributed by atoms with Crippen molar-refractivity contribution in [1.82, 2.24) is 4.98 Å². The maximum atomic E-state index is 5.53. The first-order chi connectivity index (χ1) is 7.57. The van der Waals surface area contributed by atoms with Crippen LogP contribution in [-0.4, -0.2) is 18.1 Å². The molecule has 0 unspecified atom stereocenters. The van der Waals surface area contributed by atoms with Crippen LogP contribution >= 0.6 is 11.3 Å². The third kappa shape index (κ3) is 4.49. The highest BCUT2D eigenvalue weighted by Gasteiger charge is 2.17. The van der Waals surface area contributed by atoms with E-state index in [1.807, 2.05) is 0 Å². The SMILES string of the molecule is CCc1csc(NCC(C)(C)CCCN)n1. The van der Waals surface area contributed by atoms with Gasteiger partial charge in [-0.25, -0.2) is 4.98 Å². The van der Waals surface area contributed by atoms with Gasteiger partial charge in [0.15, 0.2) is 5.13 Å². The lowest BCUT2D eigenvalue weighted by Crippen LogP contribution is -2.24. The first-order valence-electron chi connectivity index (χ1n) is 5.96. The molecule has 0 aliphatic heterocycles. The van der Waals surface area contributed by atoms with Gasteiger partial charge in [-0.15, -0.1) is 11.3 Å². The summed E-state index contributed by atoms with van der Waals surface area (Å²) < 4.78 is 0. The van der Waals surface area contributed by atoms with Crippen molar-refractivity contribution in [3.63, 3.8) is 0 Å². The van der Waals surface area contributed by atoms with Crippen LogP contribution in [0.15, 0.2) is 5.38 Å². The molecule has 0 amide bonds. The van der Waals surface area contributed by atoms with E-state index in [2.05, 4.69) is 36.5 Å². The maximum absolute atomic E-state index is 5.53. The van der Waals surface area contributed by atoms with Crippen molar-refractivity contribution in [3.8, 4) is 0 Å². The van der Waals surface area contributed by atoms with E-state index in [0.717, 1.165) is 37.5 Å². The molecular formula is C12H23N3S. The van der Waals surface area contributed by atoms with E-state index in [9.17, 15) is 0 Å². The van der Waals surface area contributed by atoms with E-state index in [-0.39, 0.29) is 5.41 Å². The Morgan fingerprint density at radius 3 is 2.81 bits per heavy atom. The van der Waals surface area contributed by atoms with Gasteiger partial charge in [-0.3, -0.25) is 0 Å². The van der Waals surface area contributed by atoms with Gasteiger partial charge in [0.05, 0.1) is 5.69 Å². The minimum Gasteiger partial charge on any atom is -0.361 e. The largest absolute Gasteiger partial charge is 0.361 e. The number of nitrogens with zero attached hydrogens (tertiary/aromatic N) is 1. The Morgan fingerprint density at radius 1 is 1.50 bits per heavy atom. The van der Waals surface area contributed by atoms with Gasteiger partial charge >= 0.3 is 0 Å². The maximum Gasteiger partial charge on any atom is 0.182 e. The van der Waals surface area contributed by atoms with E-state index in [0.29, 0.717) is 0 Å². The Labute approximate surface area is 102 Å². The highest BCUT2D eigenvalue weighted by atomic mass is 32.1. The van der Waals surface area contributed by atoms with Gasteiger partial charge in [-0.2, -0.15) is 0 Å². The minimum absolute atomic E-state index is 0.289. The molecule has 0 fully saturated rings. The molecule has 0 atom stereocenters. The molecular weight excluding hydrogens is 218 g/mol. The van der Waals surface area contributed by atoms with Crippen LogP contribution in [0, 0.1) is 5.41 Å². The molecule has 0 saturated carbocycles. The quantitative estimate of drug-likeness (QED) is 0.772. The van der Waals surface area contributed by atoms with Crippen LogP contribution in [0.2, 0.25) is 0 Å². The van der Waals surface area contributed by atoms with Crippen LogP contribution in [0.1, 0.15) is 39.3 Å². The van der Waals surface area contributed by atoms with Crippen LogP contribution in [0.4, 0.5) is 5.13 Å². The zero-order valence-corrected chi connectivity index (χ0v) is 11.4. The molecule has 3 nitrogen and oxygen atoms in total. The number of hydrogen-bond donors (Lipinski definition) is 2. The molecule has 0 bridgehead atoms. The monoisotopic (exact) mass is 241 g/mol. The van der Waals surface area contributed by atoms with Crippen molar-refractivity contribution in [2.45, 2.75) is 40.0 Å². The lowest BCUT2D eigenvalue weighted by molar-refractivity contribution is 0.350. The molecule has 16 heavy (non-hydrogen) atoms. The Balaban J connectivity index is 2.37. The first kappa shape index (κ1) is 13.5. The van der Waals surface area contributed by atoms with Gasteiger partial charge in [-0.1, -0.05) is 20.8 Å². The summed E-state index contributed by atoms with van der Waals surface area (Å²) in [7, 11) is 0. The summed E-state index contributed by atoms with van der Waals surface area (Å²) in [5.74, 6) is 0. The summed E-state index contributed by atoms with van der Waals surface area (Å²) in [6.07, 6.45) is 3.25. The molecule has 92 valence electrons. The van der Waals surface area contributed by atoms with Crippen molar-refractivity contribution in [3.05, 3.63) is 11.1 Å². The predicted octanol–water partition coefficient (Wildman–Crippen LogP) is 2.88. The molecule has 1 aromatic heterocycles. The third-order valence-electron chi connectivity index (χ3n) is 2.69. The zero-order chi connectivity index (χ0) is 12.0. The Kier molecular flexibility index (Phi) is 5.22. The van der Waals surface area contributed by atoms with E-state index in [1.165, 1.54) is 5.69 Å². The Hall–Kier alpha value is -0.610. The average molecular weight is 241 g/mol. The summed E-state index contributed by atoms with van der Waals surface area (Å²) in [6, 6.07) is 0. The zero-order valence-electron chi connectivity index (χ0n) is 10.5. The van der Waals surface area contributed by atoms with Gasteiger partial charge in [0.2, 0.25) is 0 Å². The van der Waals surface area contributed by atoms with Crippen LogP contribution in [0.5, 0.6) is 0 Å².